The molecule has 0 atom stereocenters. The zero-order chi connectivity index (χ0) is 22.1. The molecule has 2 aromatic heterocycles. The minimum Gasteiger partial charge on any atom is -0.497 e. The van der Waals surface area contributed by atoms with Crippen LogP contribution in [0, 0.1) is 0 Å². The lowest BCUT2D eigenvalue weighted by Crippen LogP contribution is -2.37. The lowest BCUT2D eigenvalue weighted by molar-refractivity contribution is 0.415. The van der Waals surface area contributed by atoms with Crippen LogP contribution in [0.5, 0.6) is 5.75 Å². The molecule has 0 fully saturated rings. The summed E-state index contributed by atoms with van der Waals surface area (Å²) in [5, 5.41) is 1.46. The molecule has 4 aromatic rings. The van der Waals surface area contributed by atoms with Crippen molar-refractivity contribution in [3.63, 3.8) is 0 Å². The van der Waals surface area contributed by atoms with Gasteiger partial charge < -0.3 is 4.74 Å². The summed E-state index contributed by atoms with van der Waals surface area (Å²) in [7, 11) is 4.64. The van der Waals surface area contributed by atoms with Crippen molar-refractivity contribution in [2.24, 2.45) is 14.1 Å². The van der Waals surface area contributed by atoms with E-state index in [1.165, 1.54) is 23.4 Å². The summed E-state index contributed by atoms with van der Waals surface area (Å²) >= 11 is 7.50. The quantitative estimate of drug-likeness (QED) is 0.338. The van der Waals surface area contributed by atoms with Crippen molar-refractivity contribution in [3.05, 3.63) is 80.0 Å². The Hall–Kier alpha value is -3.10. The third kappa shape index (κ3) is 4.08. The normalized spacial score (nSPS) is 11.1. The number of benzene rings is 2. The van der Waals surface area contributed by atoms with Gasteiger partial charge in [-0.05, 0) is 42.0 Å². The predicted molar refractivity (Wildman–Crippen MR) is 123 cm³/mol. The number of aromatic nitrogens is 4. The van der Waals surface area contributed by atoms with Gasteiger partial charge in [0.25, 0.3) is 5.56 Å². The predicted octanol–water partition coefficient (Wildman–Crippen LogP) is 3.65. The maximum atomic E-state index is 12.9. The van der Waals surface area contributed by atoms with Crippen molar-refractivity contribution in [1.82, 2.24) is 19.1 Å². The van der Waals surface area contributed by atoms with Crippen LogP contribution in [0.1, 0.15) is 5.56 Å². The zero-order valence-electron chi connectivity index (χ0n) is 17.1. The number of fused-ring (bicyclic) bond motifs is 1. The first kappa shape index (κ1) is 21.1. The van der Waals surface area contributed by atoms with Crippen LogP contribution in [0.15, 0.2) is 63.1 Å². The third-order valence-electron chi connectivity index (χ3n) is 4.88. The van der Waals surface area contributed by atoms with Crippen LogP contribution in [-0.2, 0) is 19.8 Å². The summed E-state index contributed by atoms with van der Waals surface area (Å²) < 4.78 is 7.66. The lowest BCUT2D eigenvalue weighted by atomic mass is 10.2. The van der Waals surface area contributed by atoms with Crippen molar-refractivity contribution in [1.29, 1.82) is 0 Å². The zero-order valence-corrected chi connectivity index (χ0v) is 18.7. The van der Waals surface area contributed by atoms with E-state index in [2.05, 4.69) is 9.97 Å². The Balaban J connectivity index is 1.90. The fraction of sp³-hybridized carbons (Fsp3) is 0.182. The van der Waals surface area contributed by atoms with Gasteiger partial charge in [0.2, 0.25) is 0 Å². The van der Waals surface area contributed by atoms with Gasteiger partial charge in [0.15, 0.2) is 11.5 Å². The summed E-state index contributed by atoms with van der Waals surface area (Å²) in [6.07, 6.45) is 0. The number of aryl methyl sites for hydroxylation is 1. The molecule has 158 valence electrons. The van der Waals surface area contributed by atoms with Crippen LogP contribution in [-0.4, -0.2) is 26.2 Å². The van der Waals surface area contributed by atoms with Crippen molar-refractivity contribution in [2.45, 2.75) is 10.8 Å². The molecule has 0 N–H and O–H groups in total. The first-order valence-corrected chi connectivity index (χ1v) is 10.7. The maximum absolute atomic E-state index is 12.9. The number of hydrogen-bond donors (Lipinski definition) is 0. The van der Waals surface area contributed by atoms with E-state index in [1.807, 2.05) is 48.5 Å². The highest BCUT2D eigenvalue weighted by Crippen LogP contribution is 2.29. The highest BCUT2D eigenvalue weighted by Gasteiger charge is 2.18. The van der Waals surface area contributed by atoms with Crippen LogP contribution in [0.2, 0.25) is 5.02 Å². The van der Waals surface area contributed by atoms with Crippen LogP contribution >= 0.6 is 23.4 Å². The van der Waals surface area contributed by atoms with Gasteiger partial charge in [-0.2, -0.15) is 0 Å². The molecule has 2 aromatic carbocycles. The van der Waals surface area contributed by atoms with Gasteiger partial charge in [-0.15, -0.1) is 11.8 Å². The molecule has 0 radical (unpaired) electrons. The Labute approximate surface area is 187 Å². The van der Waals surface area contributed by atoms with Gasteiger partial charge in [0, 0.05) is 30.4 Å². The molecule has 31 heavy (non-hydrogen) atoms. The number of hydrogen-bond acceptors (Lipinski definition) is 6. The van der Waals surface area contributed by atoms with Gasteiger partial charge >= 0.3 is 5.69 Å². The second-order valence-corrected chi connectivity index (χ2v) is 8.30. The summed E-state index contributed by atoms with van der Waals surface area (Å²) in [6.45, 7) is 0. The molecule has 0 unspecified atom stereocenters. The summed E-state index contributed by atoms with van der Waals surface area (Å²) in [6, 6.07) is 14.8. The third-order valence-corrected chi connectivity index (χ3v) is 6.16. The summed E-state index contributed by atoms with van der Waals surface area (Å²) in [5.41, 5.74) is 1.18. The van der Waals surface area contributed by atoms with Gasteiger partial charge in [-0.25, -0.2) is 14.8 Å². The van der Waals surface area contributed by atoms with Crippen LogP contribution < -0.4 is 16.0 Å². The SMILES string of the molecule is COc1ccc(-c2nc(SCc3cccc(Cl)c3)c3c(=O)n(C)c(=O)n(C)c3n2)cc1. The van der Waals surface area contributed by atoms with Crippen LogP contribution in [0.4, 0.5) is 0 Å². The minimum absolute atomic E-state index is 0.294. The minimum atomic E-state index is -0.442. The van der Waals surface area contributed by atoms with Gasteiger partial charge in [-0.1, -0.05) is 23.7 Å². The smallest absolute Gasteiger partial charge is 0.332 e. The number of nitrogens with zero attached hydrogens (tertiary/aromatic N) is 4. The monoisotopic (exact) mass is 454 g/mol. The Bertz CT molecular complexity index is 1400. The maximum Gasteiger partial charge on any atom is 0.332 e. The van der Waals surface area contributed by atoms with Crippen LogP contribution in [0.25, 0.3) is 22.4 Å². The van der Waals surface area contributed by atoms with Gasteiger partial charge in [0.05, 0.1) is 7.11 Å². The van der Waals surface area contributed by atoms with Crippen molar-refractivity contribution in [2.75, 3.05) is 7.11 Å². The lowest BCUT2D eigenvalue weighted by Gasteiger charge is -2.12. The van der Waals surface area contributed by atoms with E-state index in [9.17, 15) is 9.59 Å². The average molecular weight is 455 g/mol. The highest BCUT2D eigenvalue weighted by atomic mass is 35.5. The Kier molecular flexibility index (Phi) is 5.84. The molecule has 0 aliphatic heterocycles. The van der Waals surface area contributed by atoms with Crippen molar-refractivity contribution in [3.8, 4) is 17.1 Å². The van der Waals surface area contributed by atoms with E-state index in [0.717, 1.165) is 15.7 Å². The second kappa shape index (κ2) is 8.56. The van der Waals surface area contributed by atoms with E-state index >= 15 is 0 Å². The van der Waals surface area contributed by atoms with E-state index in [4.69, 9.17) is 16.3 Å². The second-order valence-electron chi connectivity index (χ2n) is 6.90. The fourth-order valence-electron chi connectivity index (χ4n) is 3.18. The molecule has 0 aliphatic rings. The van der Waals surface area contributed by atoms with E-state index in [-0.39, 0.29) is 0 Å². The van der Waals surface area contributed by atoms with Crippen molar-refractivity contribution < 1.29 is 4.74 Å². The molecule has 9 heteroatoms. The number of rotatable bonds is 5. The van der Waals surface area contributed by atoms with E-state index in [0.29, 0.717) is 38.4 Å². The molecule has 0 bridgehead atoms. The molecule has 0 aliphatic carbocycles. The topological polar surface area (TPSA) is 79.0 Å². The largest absolute Gasteiger partial charge is 0.497 e. The molecule has 4 rings (SSSR count). The van der Waals surface area contributed by atoms with E-state index in [1.54, 1.807) is 14.2 Å². The fourth-order valence-corrected chi connectivity index (χ4v) is 4.35. The first-order valence-electron chi connectivity index (χ1n) is 9.38. The molecular formula is C22H19ClN4O3S. The average Bonchev–Trinajstić information content (AvgIpc) is 2.79. The molecular weight excluding hydrogens is 436 g/mol. The van der Waals surface area contributed by atoms with Crippen molar-refractivity contribution >= 4 is 34.4 Å². The molecule has 2 heterocycles. The Morgan fingerprint density at radius 2 is 1.77 bits per heavy atom. The molecule has 0 spiro atoms. The number of methoxy groups -OCH3 is 1. The highest BCUT2D eigenvalue weighted by molar-refractivity contribution is 7.98. The summed E-state index contributed by atoms with van der Waals surface area (Å²) in [4.78, 5) is 34.7. The standard InChI is InChI=1S/C22H19ClN4O3S/c1-26-19-17(21(28)27(2)22(26)29)20(31-12-13-5-4-6-15(23)11-13)25-18(24-19)14-7-9-16(30-3)10-8-14/h4-11H,12H2,1-3H3. The number of ether oxygens (including phenoxy) is 1. The van der Waals surface area contributed by atoms with Crippen LogP contribution in [0.3, 0.4) is 0 Å². The molecule has 0 saturated carbocycles. The molecule has 0 amide bonds. The summed E-state index contributed by atoms with van der Waals surface area (Å²) in [5.74, 6) is 1.69. The van der Waals surface area contributed by atoms with Gasteiger partial charge in [-0.3, -0.25) is 13.9 Å². The Morgan fingerprint density at radius 1 is 1.03 bits per heavy atom. The number of thioether (sulfide) groups is 1. The van der Waals surface area contributed by atoms with E-state index < -0.39 is 11.2 Å². The molecule has 0 saturated heterocycles. The number of halogens is 1. The van der Waals surface area contributed by atoms with Gasteiger partial charge in [0.1, 0.15) is 16.2 Å². The Morgan fingerprint density at radius 3 is 2.45 bits per heavy atom. The molecule has 7 nitrogen and oxygen atoms in total. The first-order chi connectivity index (χ1) is 14.9.